The summed E-state index contributed by atoms with van der Waals surface area (Å²) in [5.41, 5.74) is 6.48. The van der Waals surface area contributed by atoms with Crippen molar-refractivity contribution in [3.05, 3.63) is 24.0 Å². The summed E-state index contributed by atoms with van der Waals surface area (Å²) in [5, 5.41) is 12.5. The van der Waals surface area contributed by atoms with Gasteiger partial charge in [0, 0.05) is 12.7 Å². The molecule has 0 radical (unpaired) electrons. The fourth-order valence-corrected chi connectivity index (χ4v) is 1.93. The first-order valence-electron chi connectivity index (χ1n) is 6.79. The van der Waals surface area contributed by atoms with Crippen molar-refractivity contribution < 1.29 is 0 Å². The van der Waals surface area contributed by atoms with E-state index in [1.165, 1.54) is 0 Å². The second-order valence-corrected chi connectivity index (χ2v) is 4.55. The number of aryl methyl sites for hydroxylation is 2. The van der Waals surface area contributed by atoms with Crippen molar-refractivity contribution in [2.45, 2.75) is 45.7 Å². The maximum atomic E-state index is 5.47. The highest BCUT2D eigenvalue weighted by Gasteiger charge is 2.06. The number of rotatable bonds is 8. The summed E-state index contributed by atoms with van der Waals surface area (Å²) in [6, 6.07) is 0. The van der Waals surface area contributed by atoms with E-state index in [4.69, 9.17) is 5.73 Å². The minimum Gasteiger partial charge on any atom is -0.330 e. The van der Waals surface area contributed by atoms with E-state index in [2.05, 4.69) is 27.3 Å². The van der Waals surface area contributed by atoms with Gasteiger partial charge in [-0.15, -0.1) is 5.10 Å². The molecule has 2 aromatic heterocycles. The Morgan fingerprint density at radius 2 is 2.21 bits per heavy atom. The summed E-state index contributed by atoms with van der Waals surface area (Å²) in [5.74, 6) is 0.917. The maximum absolute atomic E-state index is 5.47. The van der Waals surface area contributed by atoms with E-state index in [1.807, 2.05) is 15.6 Å². The maximum Gasteiger partial charge on any atom is 0.148 e. The molecule has 0 aliphatic rings. The number of nitrogens with two attached hydrogens (primary N) is 1. The molecule has 0 saturated carbocycles. The number of unbranched alkanes of at least 4 members (excludes halogenated alkanes) is 1. The Balaban J connectivity index is 1.93. The Bertz CT molecular complexity index is 488. The average Bonchev–Trinajstić information content (AvgIpc) is 3.02. The van der Waals surface area contributed by atoms with Crippen molar-refractivity contribution >= 4 is 0 Å². The molecule has 0 saturated heterocycles. The van der Waals surface area contributed by atoms with E-state index in [0.29, 0.717) is 6.54 Å². The van der Waals surface area contributed by atoms with Gasteiger partial charge in [0.15, 0.2) is 0 Å². The van der Waals surface area contributed by atoms with Gasteiger partial charge in [0.2, 0.25) is 0 Å². The first kappa shape index (κ1) is 13.7. The molecule has 0 spiro atoms. The first-order chi connectivity index (χ1) is 9.33. The van der Waals surface area contributed by atoms with Crippen LogP contribution in [0.5, 0.6) is 0 Å². The van der Waals surface area contributed by atoms with Gasteiger partial charge in [-0.05, 0) is 32.2 Å². The van der Waals surface area contributed by atoms with Crippen LogP contribution in [0.1, 0.15) is 37.7 Å². The zero-order chi connectivity index (χ0) is 13.5. The van der Waals surface area contributed by atoms with E-state index in [1.54, 1.807) is 6.33 Å². The van der Waals surface area contributed by atoms with Gasteiger partial charge in [0.05, 0.1) is 5.69 Å². The number of aromatic nitrogens is 6. The highest BCUT2D eigenvalue weighted by molar-refractivity contribution is 4.95. The van der Waals surface area contributed by atoms with Crippen LogP contribution in [0.2, 0.25) is 0 Å². The van der Waals surface area contributed by atoms with Crippen LogP contribution in [0.4, 0.5) is 0 Å². The molecule has 0 aromatic carbocycles. The summed E-state index contributed by atoms with van der Waals surface area (Å²) >= 11 is 0. The monoisotopic (exact) mass is 263 g/mol. The topological polar surface area (TPSA) is 87.4 Å². The van der Waals surface area contributed by atoms with Crippen molar-refractivity contribution in [3.8, 4) is 0 Å². The molecular formula is C12H21N7. The Hall–Kier alpha value is -1.76. The minimum absolute atomic E-state index is 0.615. The molecule has 2 rings (SSSR count). The van der Waals surface area contributed by atoms with Gasteiger partial charge in [-0.1, -0.05) is 12.1 Å². The quantitative estimate of drug-likeness (QED) is 0.705. The third kappa shape index (κ3) is 3.85. The second-order valence-electron chi connectivity index (χ2n) is 4.55. The molecule has 0 atom stereocenters. The molecule has 104 valence electrons. The Morgan fingerprint density at radius 1 is 1.32 bits per heavy atom. The van der Waals surface area contributed by atoms with Gasteiger partial charge >= 0.3 is 0 Å². The molecule has 0 unspecified atom stereocenters. The molecule has 7 nitrogen and oxygen atoms in total. The van der Waals surface area contributed by atoms with Crippen LogP contribution < -0.4 is 5.73 Å². The summed E-state index contributed by atoms with van der Waals surface area (Å²) < 4.78 is 3.73. The molecule has 0 amide bonds. The Labute approximate surface area is 112 Å². The van der Waals surface area contributed by atoms with Gasteiger partial charge < -0.3 is 5.73 Å². The van der Waals surface area contributed by atoms with Crippen LogP contribution >= 0.6 is 0 Å². The lowest BCUT2D eigenvalue weighted by molar-refractivity contribution is 0.532. The smallest absolute Gasteiger partial charge is 0.148 e. The lowest BCUT2D eigenvalue weighted by atomic mass is 10.2. The van der Waals surface area contributed by atoms with Gasteiger partial charge in [0.25, 0.3) is 0 Å². The average molecular weight is 263 g/mol. The van der Waals surface area contributed by atoms with Crippen LogP contribution in [0, 0.1) is 0 Å². The molecule has 19 heavy (non-hydrogen) atoms. The molecule has 0 bridgehead atoms. The Morgan fingerprint density at radius 3 is 3.00 bits per heavy atom. The Kier molecular flexibility index (Phi) is 5.02. The zero-order valence-corrected chi connectivity index (χ0v) is 11.4. The van der Waals surface area contributed by atoms with Crippen molar-refractivity contribution in [2.24, 2.45) is 5.73 Å². The van der Waals surface area contributed by atoms with Gasteiger partial charge in [-0.3, -0.25) is 0 Å². The van der Waals surface area contributed by atoms with Gasteiger partial charge in [-0.2, -0.15) is 5.10 Å². The van der Waals surface area contributed by atoms with Crippen LogP contribution in [-0.4, -0.2) is 36.3 Å². The zero-order valence-electron chi connectivity index (χ0n) is 11.4. The highest BCUT2D eigenvalue weighted by Crippen LogP contribution is 2.03. The minimum atomic E-state index is 0.615. The normalized spacial score (nSPS) is 11.1. The van der Waals surface area contributed by atoms with Crippen LogP contribution in [0.15, 0.2) is 12.5 Å². The highest BCUT2D eigenvalue weighted by atomic mass is 15.4. The first-order valence-corrected chi connectivity index (χ1v) is 6.79. The van der Waals surface area contributed by atoms with Crippen molar-refractivity contribution in [2.75, 3.05) is 6.54 Å². The summed E-state index contributed by atoms with van der Waals surface area (Å²) in [4.78, 5) is 4.26. The van der Waals surface area contributed by atoms with Crippen LogP contribution in [-0.2, 0) is 19.5 Å². The molecule has 0 fully saturated rings. The fourth-order valence-electron chi connectivity index (χ4n) is 1.93. The summed E-state index contributed by atoms with van der Waals surface area (Å²) in [6.45, 7) is 4.35. The third-order valence-corrected chi connectivity index (χ3v) is 2.91. The molecule has 2 N–H and O–H groups in total. The third-order valence-electron chi connectivity index (χ3n) is 2.91. The van der Waals surface area contributed by atoms with Gasteiger partial charge in [0.1, 0.15) is 18.7 Å². The predicted molar refractivity (Wildman–Crippen MR) is 71.4 cm³/mol. The van der Waals surface area contributed by atoms with Crippen molar-refractivity contribution in [1.29, 1.82) is 0 Å². The summed E-state index contributed by atoms with van der Waals surface area (Å²) in [7, 11) is 0. The van der Waals surface area contributed by atoms with E-state index in [-0.39, 0.29) is 0 Å². The number of nitrogens with zero attached hydrogens (tertiary/aromatic N) is 6. The lowest BCUT2D eigenvalue weighted by Gasteiger charge is -2.03. The standard InChI is InChI=1S/C12H21N7/c1-2-7-19-12(14-10-15-19)9-18-8-11(16-17-18)5-3-4-6-13/h8,10H,2-7,9,13H2,1H3. The fraction of sp³-hybridized carbons (Fsp3) is 0.667. The molecule has 2 heterocycles. The van der Waals surface area contributed by atoms with Crippen LogP contribution in [0.25, 0.3) is 0 Å². The molecule has 0 aliphatic carbocycles. The van der Waals surface area contributed by atoms with Crippen molar-refractivity contribution in [3.63, 3.8) is 0 Å². The molecular weight excluding hydrogens is 242 g/mol. The predicted octanol–water partition coefficient (Wildman–Crippen LogP) is 0.609. The largest absolute Gasteiger partial charge is 0.330 e. The molecule has 7 heteroatoms. The van der Waals surface area contributed by atoms with E-state index < -0.39 is 0 Å². The lowest BCUT2D eigenvalue weighted by Crippen LogP contribution is -2.10. The number of hydrogen-bond donors (Lipinski definition) is 1. The van der Waals surface area contributed by atoms with Gasteiger partial charge in [-0.25, -0.2) is 14.3 Å². The summed E-state index contributed by atoms with van der Waals surface area (Å²) in [6.07, 6.45) is 7.61. The second kappa shape index (κ2) is 6.98. The number of hydrogen-bond acceptors (Lipinski definition) is 5. The van der Waals surface area contributed by atoms with E-state index >= 15 is 0 Å². The molecule has 2 aromatic rings. The molecule has 0 aliphatic heterocycles. The van der Waals surface area contributed by atoms with Crippen molar-refractivity contribution in [1.82, 2.24) is 29.8 Å². The van der Waals surface area contributed by atoms with Crippen LogP contribution in [0.3, 0.4) is 0 Å². The SMILES string of the molecule is CCCn1ncnc1Cn1cc(CCCCN)nn1. The van der Waals surface area contributed by atoms with E-state index in [9.17, 15) is 0 Å². The van der Waals surface area contributed by atoms with E-state index in [0.717, 1.165) is 50.3 Å².